The summed E-state index contributed by atoms with van der Waals surface area (Å²) >= 11 is 0. The minimum atomic E-state index is -4.82. The van der Waals surface area contributed by atoms with Crippen molar-refractivity contribution in [1.29, 1.82) is 0 Å². The van der Waals surface area contributed by atoms with Crippen LogP contribution in [-0.4, -0.2) is 23.3 Å². The molecule has 0 aromatic heterocycles. The second kappa shape index (κ2) is 7.93. The van der Waals surface area contributed by atoms with Crippen molar-refractivity contribution in [1.82, 2.24) is 0 Å². The number of hydrogen-bond acceptors (Lipinski definition) is 5. The average molecular weight is 411 g/mol. The summed E-state index contributed by atoms with van der Waals surface area (Å²) in [5, 5.41) is 8.84. The van der Waals surface area contributed by atoms with Gasteiger partial charge in [-0.15, -0.1) is 0 Å². The van der Waals surface area contributed by atoms with Crippen LogP contribution in [-0.2, 0) is 9.36 Å². The summed E-state index contributed by atoms with van der Waals surface area (Å²) in [6, 6.07) is 4.96. The van der Waals surface area contributed by atoms with Crippen LogP contribution in [0.25, 0.3) is 0 Å². The molecule has 1 unspecified atom stereocenters. The largest absolute Gasteiger partial charge is 0.480 e. The quantitative estimate of drug-likeness (QED) is 0.314. The topological polar surface area (TPSA) is 98.9 Å². The molecule has 0 aliphatic rings. The summed E-state index contributed by atoms with van der Waals surface area (Å²) < 4.78 is 89.6. The van der Waals surface area contributed by atoms with Gasteiger partial charge in [-0.2, -0.15) is 8.78 Å². The molecule has 0 spiro atoms. The number of halogens is 5. The van der Waals surface area contributed by atoms with Gasteiger partial charge in [0.1, 0.15) is 11.8 Å². The second-order valence-electron chi connectivity index (χ2n) is 5.13. The Hall–Kier alpha value is -2.65. The Bertz CT molecular complexity index is 882. The average Bonchev–Trinajstić information content (AvgIpc) is 2.62. The van der Waals surface area contributed by atoms with E-state index in [1.807, 2.05) is 0 Å². The Morgan fingerprint density at radius 1 is 0.963 bits per heavy atom. The molecule has 2 atom stereocenters. The second-order valence-corrected chi connectivity index (χ2v) is 7.08. The van der Waals surface area contributed by atoms with E-state index >= 15 is 0 Å². The number of rotatable bonds is 7. The van der Waals surface area contributed by atoms with Crippen molar-refractivity contribution in [3.8, 4) is 11.5 Å². The molecule has 0 aliphatic carbocycles. The number of benzene rings is 2. The fraction of sp³-hybridized carbons (Fsp3) is 0.133. The van der Waals surface area contributed by atoms with Crippen LogP contribution in [0, 0.1) is 29.1 Å². The molecule has 6 nitrogen and oxygen atoms in total. The van der Waals surface area contributed by atoms with Gasteiger partial charge < -0.3 is 19.9 Å². The van der Waals surface area contributed by atoms with Gasteiger partial charge in [0.25, 0.3) is 0 Å². The molecular formula is C15H11F5NO5P. The Balaban J connectivity index is 2.49. The van der Waals surface area contributed by atoms with Crippen LogP contribution in [0.15, 0.2) is 30.3 Å². The van der Waals surface area contributed by atoms with E-state index in [1.165, 1.54) is 30.3 Å². The van der Waals surface area contributed by atoms with E-state index in [1.54, 1.807) is 0 Å². The summed E-state index contributed by atoms with van der Waals surface area (Å²) in [5.74, 6) is -15.6. The van der Waals surface area contributed by atoms with Gasteiger partial charge in [-0.3, -0.25) is 4.79 Å². The van der Waals surface area contributed by atoms with Gasteiger partial charge in [-0.25, -0.2) is 17.7 Å². The van der Waals surface area contributed by atoms with Gasteiger partial charge in [0.15, 0.2) is 0 Å². The predicted octanol–water partition coefficient (Wildman–Crippen LogP) is 3.44. The van der Waals surface area contributed by atoms with Crippen LogP contribution in [0.3, 0.4) is 0 Å². The van der Waals surface area contributed by atoms with Crippen LogP contribution >= 0.6 is 7.60 Å². The molecule has 2 rings (SSSR count). The first-order chi connectivity index (χ1) is 12.6. The van der Waals surface area contributed by atoms with E-state index in [2.05, 4.69) is 4.52 Å². The maximum Gasteiger partial charge on any atom is 0.433 e. The number of nitrogens with two attached hydrogens (primary N) is 1. The third-order valence-electron chi connectivity index (χ3n) is 3.13. The smallest absolute Gasteiger partial charge is 0.433 e. The highest BCUT2D eigenvalue weighted by molar-refractivity contribution is 7.54. The van der Waals surface area contributed by atoms with Crippen LogP contribution in [0.1, 0.15) is 0 Å². The van der Waals surface area contributed by atoms with E-state index in [4.69, 9.17) is 15.4 Å². The molecular weight excluding hydrogens is 400 g/mol. The molecule has 0 radical (unpaired) electrons. The Labute approximate surface area is 148 Å². The van der Waals surface area contributed by atoms with Crippen LogP contribution in [0.5, 0.6) is 11.5 Å². The van der Waals surface area contributed by atoms with Gasteiger partial charge in [0.05, 0.1) is 6.16 Å². The SMILES string of the molecule is N[C@@H](CP(=O)(Oc1ccccc1)Oc1c(F)c(F)c(F)c(F)c1F)C(=O)O. The first-order valence-electron chi connectivity index (χ1n) is 7.09. The third-order valence-corrected chi connectivity index (χ3v) is 4.92. The van der Waals surface area contributed by atoms with Gasteiger partial charge in [-0.1, -0.05) is 18.2 Å². The van der Waals surface area contributed by atoms with Crippen LogP contribution in [0.2, 0.25) is 0 Å². The molecule has 0 amide bonds. The molecule has 2 aromatic carbocycles. The minimum absolute atomic E-state index is 0.178. The molecule has 0 fully saturated rings. The molecule has 2 aromatic rings. The van der Waals surface area contributed by atoms with Crippen molar-refractivity contribution in [3.63, 3.8) is 0 Å². The maximum atomic E-state index is 13.8. The zero-order chi connectivity index (χ0) is 20.4. The van der Waals surface area contributed by atoms with Crippen molar-refractivity contribution in [3.05, 3.63) is 59.4 Å². The number of carboxylic acids is 1. The summed E-state index contributed by atoms with van der Waals surface area (Å²) in [6.07, 6.45) is -1.11. The fourth-order valence-corrected chi connectivity index (χ4v) is 3.56. The molecule has 146 valence electrons. The zero-order valence-electron chi connectivity index (χ0n) is 13.2. The summed E-state index contributed by atoms with van der Waals surface area (Å²) in [4.78, 5) is 10.9. The van der Waals surface area contributed by atoms with E-state index in [0.29, 0.717) is 0 Å². The number of aliphatic carboxylic acids is 1. The molecule has 12 heteroatoms. The van der Waals surface area contributed by atoms with Crippen molar-refractivity contribution in [2.75, 3.05) is 6.16 Å². The normalized spacial score (nSPS) is 14.3. The highest BCUT2D eigenvalue weighted by Gasteiger charge is 2.38. The lowest BCUT2D eigenvalue weighted by atomic mass is 10.3. The Kier molecular flexibility index (Phi) is 6.07. The van der Waals surface area contributed by atoms with Gasteiger partial charge in [0.2, 0.25) is 34.8 Å². The van der Waals surface area contributed by atoms with Gasteiger partial charge in [0, 0.05) is 0 Å². The van der Waals surface area contributed by atoms with E-state index in [9.17, 15) is 31.3 Å². The fourth-order valence-electron chi connectivity index (χ4n) is 1.86. The molecule has 0 heterocycles. The van der Waals surface area contributed by atoms with E-state index in [0.717, 1.165) is 0 Å². The van der Waals surface area contributed by atoms with Crippen molar-refractivity contribution in [2.24, 2.45) is 5.73 Å². The van der Waals surface area contributed by atoms with Crippen molar-refractivity contribution in [2.45, 2.75) is 6.04 Å². The molecule has 0 bridgehead atoms. The monoisotopic (exact) mass is 411 g/mol. The van der Waals surface area contributed by atoms with Crippen LogP contribution < -0.4 is 14.8 Å². The van der Waals surface area contributed by atoms with E-state index < -0.39 is 60.6 Å². The van der Waals surface area contributed by atoms with Crippen molar-refractivity contribution < 1.29 is 45.5 Å². The maximum absolute atomic E-state index is 13.8. The number of hydrogen-bond donors (Lipinski definition) is 2. The number of para-hydroxylation sites is 1. The third kappa shape index (κ3) is 4.55. The predicted molar refractivity (Wildman–Crippen MR) is 82.0 cm³/mol. The highest BCUT2D eigenvalue weighted by atomic mass is 31.2. The van der Waals surface area contributed by atoms with Gasteiger partial charge in [-0.05, 0) is 12.1 Å². The molecule has 3 N–H and O–H groups in total. The lowest BCUT2D eigenvalue weighted by Gasteiger charge is -2.22. The Morgan fingerprint density at radius 3 is 1.93 bits per heavy atom. The minimum Gasteiger partial charge on any atom is -0.480 e. The number of carboxylic acid groups (broad SMARTS) is 1. The van der Waals surface area contributed by atoms with Gasteiger partial charge >= 0.3 is 13.6 Å². The summed E-state index contributed by atoms with van der Waals surface area (Å²) in [5.41, 5.74) is 5.24. The summed E-state index contributed by atoms with van der Waals surface area (Å²) in [6.45, 7) is 0. The lowest BCUT2D eigenvalue weighted by Crippen LogP contribution is -2.35. The zero-order valence-corrected chi connectivity index (χ0v) is 14.1. The lowest BCUT2D eigenvalue weighted by molar-refractivity contribution is -0.138. The Morgan fingerprint density at radius 2 is 1.44 bits per heavy atom. The van der Waals surface area contributed by atoms with E-state index in [-0.39, 0.29) is 5.75 Å². The first-order valence-corrected chi connectivity index (χ1v) is 8.81. The molecule has 0 saturated heterocycles. The van der Waals surface area contributed by atoms with Crippen LogP contribution in [0.4, 0.5) is 22.0 Å². The molecule has 0 aliphatic heterocycles. The van der Waals surface area contributed by atoms with Crippen molar-refractivity contribution >= 4 is 13.6 Å². The molecule has 27 heavy (non-hydrogen) atoms. The standard InChI is InChI=1S/C15H11F5NO5P/c16-9-10(17)12(19)14(13(20)11(9)18)26-27(24,6-8(21)15(22)23)25-7-4-2-1-3-5-7/h1-5,8H,6,21H2,(H,22,23)/t8-,27?/m0/s1. The summed E-state index contributed by atoms with van der Waals surface area (Å²) in [7, 11) is -4.82. The molecule has 0 saturated carbocycles. The highest BCUT2D eigenvalue weighted by Crippen LogP contribution is 2.50. The number of carbonyl (C=O) groups is 1. The first kappa shape index (κ1) is 20.7.